The third kappa shape index (κ3) is 3.34. The van der Waals surface area contributed by atoms with E-state index in [0.29, 0.717) is 34.4 Å². The topological polar surface area (TPSA) is 64.9 Å². The van der Waals surface area contributed by atoms with Crippen molar-refractivity contribution in [1.82, 2.24) is 19.5 Å². The van der Waals surface area contributed by atoms with Crippen molar-refractivity contribution in [2.45, 2.75) is 13.5 Å². The first-order chi connectivity index (χ1) is 13.6. The molecule has 2 aromatic heterocycles. The maximum absolute atomic E-state index is 13.8. The Morgan fingerprint density at radius 1 is 1.07 bits per heavy atom. The number of aromatic nitrogens is 4. The minimum atomic E-state index is -0.839. The van der Waals surface area contributed by atoms with Crippen molar-refractivity contribution in [1.29, 1.82) is 0 Å². The molecule has 0 aliphatic carbocycles. The summed E-state index contributed by atoms with van der Waals surface area (Å²) in [5.41, 5.74) is 1.64. The fourth-order valence-electron chi connectivity index (χ4n) is 2.70. The van der Waals surface area contributed by atoms with Crippen LogP contribution in [-0.4, -0.2) is 19.5 Å². The highest BCUT2D eigenvalue weighted by molar-refractivity contribution is 6.33. The van der Waals surface area contributed by atoms with Gasteiger partial charge in [-0.15, -0.1) is 0 Å². The second-order valence-corrected chi connectivity index (χ2v) is 6.21. The number of benzene rings is 2. The summed E-state index contributed by atoms with van der Waals surface area (Å²) < 4.78 is 34.7. The fraction of sp³-hybridized carbons (Fsp3) is 0.105. The molecule has 4 rings (SSSR count). The van der Waals surface area contributed by atoms with E-state index < -0.39 is 17.4 Å². The Kier molecular flexibility index (Phi) is 4.79. The molecule has 0 aliphatic heterocycles. The van der Waals surface area contributed by atoms with E-state index in [1.54, 1.807) is 10.6 Å². The summed E-state index contributed by atoms with van der Waals surface area (Å²) in [6, 6.07) is 10.5. The second-order valence-electron chi connectivity index (χ2n) is 5.80. The van der Waals surface area contributed by atoms with Gasteiger partial charge in [0, 0.05) is 6.54 Å². The number of hydrogen-bond donors (Lipinski definition) is 1. The maximum Gasteiger partial charge on any atom is 0.324 e. The number of ether oxygens (including phenoxy) is 1. The molecule has 1 N–H and O–H groups in total. The van der Waals surface area contributed by atoms with Crippen LogP contribution in [0.4, 0.5) is 20.4 Å². The van der Waals surface area contributed by atoms with E-state index in [2.05, 4.69) is 20.3 Å². The van der Waals surface area contributed by atoms with Gasteiger partial charge in [0.15, 0.2) is 17.3 Å². The molecule has 6 nitrogen and oxygen atoms in total. The number of nitrogens with one attached hydrogen (secondary N) is 1. The molecule has 0 spiro atoms. The van der Waals surface area contributed by atoms with Crippen molar-refractivity contribution in [2.24, 2.45) is 0 Å². The molecule has 0 radical (unpaired) electrons. The molecule has 28 heavy (non-hydrogen) atoms. The Morgan fingerprint density at radius 2 is 1.82 bits per heavy atom. The van der Waals surface area contributed by atoms with E-state index in [-0.39, 0.29) is 6.01 Å². The average Bonchev–Trinajstić information content (AvgIpc) is 3.03. The normalized spacial score (nSPS) is 11.0. The zero-order valence-corrected chi connectivity index (χ0v) is 15.4. The average molecular weight is 402 g/mol. The summed E-state index contributed by atoms with van der Waals surface area (Å²) >= 11 is 6.19. The van der Waals surface area contributed by atoms with Crippen molar-refractivity contribution in [3.8, 4) is 11.8 Å². The van der Waals surface area contributed by atoms with Crippen LogP contribution in [0.5, 0.6) is 11.8 Å². The van der Waals surface area contributed by atoms with Crippen LogP contribution in [0.3, 0.4) is 0 Å². The molecular formula is C19H14ClF2N5O. The predicted molar refractivity (Wildman–Crippen MR) is 102 cm³/mol. The van der Waals surface area contributed by atoms with E-state index in [1.807, 2.05) is 25.1 Å². The molecule has 0 fully saturated rings. The number of para-hydroxylation sites is 2. The molecule has 0 unspecified atom stereocenters. The molecule has 0 atom stereocenters. The summed E-state index contributed by atoms with van der Waals surface area (Å²) in [5, 5.41) is 3.70. The van der Waals surface area contributed by atoms with Gasteiger partial charge in [0.1, 0.15) is 5.52 Å². The number of nitrogens with zero attached hydrogens (tertiary/aromatic N) is 4. The van der Waals surface area contributed by atoms with Gasteiger partial charge in [-0.2, -0.15) is 4.98 Å². The van der Waals surface area contributed by atoms with E-state index in [4.69, 9.17) is 16.3 Å². The molecule has 0 saturated heterocycles. The minimum Gasteiger partial charge on any atom is -0.418 e. The predicted octanol–water partition coefficient (Wildman–Crippen LogP) is 5.31. The monoisotopic (exact) mass is 401 g/mol. The highest BCUT2D eigenvalue weighted by atomic mass is 35.5. The number of aryl methyl sites for hydroxylation is 1. The quantitative estimate of drug-likeness (QED) is 0.490. The van der Waals surface area contributed by atoms with Gasteiger partial charge in [-0.05, 0) is 31.2 Å². The van der Waals surface area contributed by atoms with Gasteiger partial charge in [-0.25, -0.2) is 18.7 Å². The lowest BCUT2D eigenvalue weighted by atomic mass is 10.3. The number of rotatable bonds is 5. The molecule has 0 saturated carbocycles. The number of fused-ring (bicyclic) bond motifs is 1. The van der Waals surface area contributed by atoms with E-state index in [0.717, 1.165) is 12.1 Å². The van der Waals surface area contributed by atoms with Gasteiger partial charge in [0.2, 0.25) is 11.7 Å². The molecular weight excluding hydrogens is 388 g/mol. The Hall–Kier alpha value is -3.26. The van der Waals surface area contributed by atoms with Crippen LogP contribution in [0.1, 0.15) is 6.92 Å². The number of anilines is 2. The summed E-state index contributed by atoms with van der Waals surface area (Å²) in [6.45, 7) is 2.45. The number of hydrogen-bond acceptors (Lipinski definition) is 5. The zero-order chi connectivity index (χ0) is 19.7. The van der Waals surface area contributed by atoms with Crippen molar-refractivity contribution >= 4 is 34.4 Å². The maximum atomic E-state index is 13.8. The van der Waals surface area contributed by atoms with E-state index in [9.17, 15) is 8.78 Å². The highest BCUT2D eigenvalue weighted by Gasteiger charge is 2.17. The Bertz CT molecular complexity index is 1140. The molecule has 142 valence electrons. The SMILES string of the molecule is CCn1c(Nc2ccccc2Cl)nc2cnc(Oc3c(F)cccc3F)nc21. The van der Waals surface area contributed by atoms with E-state index in [1.165, 1.54) is 12.3 Å². The number of halogens is 3. The lowest BCUT2D eigenvalue weighted by molar-refractivity contribution is 0.383. The molecule has 2 aromatic carbocycles. The summed E-state index contributed by atoms with van der Waals surface area (Å²) in [4.78, 5) is 12.7. The first-order valence-electron chi connectivity index (χ1n) is 8.43. The summed E-state index contributed by atoms with van der Waals surface area (Å²) in [5.74, 6) is -1.73. The van der Waals surface area contributed by atoms with Crippen LogP contribution in [-0.2, 0) is 6.54 Å². The van der Waals surface area contributed by atoms with Crippen LogP contribution < -0.4 is 10.1 Å². The van der Waals surface area contributed by atoms with Crippen LogP contribution in [0.25, 0.3) is 11.2 Å². The Labute approximate surface area is 163 Å². The van der Waals surface area contributed by atoms with Crippen molar-refractivity contribution < 1.29 is 13.5 Å². The van der Waals surface area contributed by atoms with Gasteiger partial charge in [0.05, 0.1) is 16.9 Å². The minimum absolute atomic E-state index is 0.185. The van der Waals surface area contributed by atoms with Gasteiger partial charge < -0.3 is 10.1 Å². The fourth-order valence-corrected chi connectivity index (χ4v) is 2.88. The molecule has 0 amide bonds. The molecule has 4 aromatic rings. The smallest absolute Gasteiger partial charge is 0.324 e. The van der Waals surface area contributed by atoms with Crippen LogP contribution in [0.15, 0.2) is 48.7 Å². The second kappa shape index (κ2) is 7.40. The number of imidazole rings is 1. The van der Waals surface area contributed by atoms with Gasteiger partial charge in [-0.3, -0.25) is 4.57 Å². The lowest BCUT2D eigenvalue weighted by Gasteiger charge is -2.09. The molecule has 0 aliphatic rings. The summed E-state index contributed by atoms with van der Waals surface area (Å²) in [6.07, 6.45) is 1.43. The first-order valence-corrected chi connectivity index (χ1v) is 8.81. The van der Waals surface area contributed by atoms with Crippen LogP contribution >= 0.6 is 11.6 Å². The van der Waals surface area contributed by atoms with Crippen LogP contribution in [0.2, 0.25) is 5.02 Å². The molecule has 2 heterocycles. The zero-order valence-electron chi connectivity index (χ0n) is 14.7. The van der Waals surface area contributed by atoms with Gasteiger partial charge in [0.25, 0.3) is 0 Å². The van der Waals surface area contributed by atoms with Crippen LogP contribution in [0, 0.1) is 11.6 Å². The third-order valence-electron chi connectivity index (χ3n) is 4.01. The Balaban J connectivity index is 1.72. The molecule has 0 bridgehead atoms. The van der Waals surface area contributed by atoms with Crippen molar-refractivity contribution in [2.75, 3.05) is 5.32 Å². The third-order valence-corrected chi connectivity index (χ3v) is 4.34. The molecule has 9 heteroatoms. The Morgan fingerprint density at radius 3 is 2.54 bits per heavy atom. The van der Waals surface area contributed by atoms with Crippen molar-refractivity contribution in [3.05, 3.63) is 65.3 Å². The summed E-state index contributed by atoms with van der Waals surface area (Å²) in [7, 11) is 0. The van der Waals surface area contributed by atoms with Gasteiger partial charge in [-0.1, -0.05) is 29.8 Å². The largest absolute Gasteiger partial charge is 0.418 e. The standard InChI is InChI=1S/C19H14ClF2N5O/c1-2-27-17-15(25-18(27)24-14-9-4-3-6-11(14)20)10-23-19(26-17)28-16-12(21)7-5-8-13(16)22/h3-10H,2H2,1H3,(H,24,25). The van der Waals surface area contributed by atoms with E-state index >= 15 is 0 Å². The van der Waals surface area contributed by atoms with Crippen molar-refractivity contribution in [3.63, 3.8) is 0 Å². The highest BCUT2D eigenvalue weighted by Crippen LogP contribution is 2.29. The first kappa shape index (κ1) is 18.1. The lowest BCUT2D eigenvalue weighted by Crippen LogP contribution is -2.04. The van der Waals surface area contributed by atoms with Gasteiger partial charge >= 0.3 is 6.01 Å².